The number of halogens is 2. The third-order valence-corrected chi connectivity index (χ3v) is 6.72. The highest BCUT2D eigenvalue weighted by Crippen LogP contribution is 2.32. The molecule has 218 valence electrons. The van der Waals surface area contributed by atoms with Gasteiger partial charge in [-0.1, -0.05) is 11.6 Å². The van der Waals surface area contributed by atoms with Gasteiger partial charge in [0.2, 0.25) is 6.36 Å². The van der Waals surface area contributed by atoms with Crippen molar-refractivity contribution in [1.29, 1.82) is 5.26 Å². The van der Waals surface area contributed by atoms with Gasteiger partial charge in [0.25, 0.3) is 0 Å². The van der Waals surface area contributed by atoms with Gasteiger partial charge >= 0.3 is 18.1 Å². The molecule has 1 aliphatic carbocycles. The molecule has 4 aromatic heterocycles. The molecule has 0 aliphatic heterocycles. The van der Waals surface area contributed by atoms with Crippen LogP contribution in [0.4, 0.5) is 14.9 Å². The molecular weight excluding hydrogens is 575 g/mol. The molecule has 1 fully saturated rings. The third-order valence-electron chi connectivity index (χ3n) is 6.44. The Balaban J connectivity index is 1.30. The van der Waals surface area contributed by atoms with Gasteiger partial charge in [-0.25, -0.2) is 28.8 Å². The number of nitriles is 1. The highest BCUT2D eigenvalue weighted by atomic mass is 35.5. The Hall–Kier alpha value is -4.88. The summed E-state index contributed by atoms with van der Waals surface area (Å²) in [6, 6.07) is 1.92. The molecular formula is C25H24ClFN10O5. The molecule has 4 aromatic rings. The van der Waals surface area contributed by atoms with Gasteiger partial charge in [-0.3, -0.25) is 10.00 Å². The number of methoxy groups -OCH3 is 1. The average Bonchev–Trinajstić information content (AvgIpc) is 3.66. The first-order valence-electron chi connectivity index (χ1n) is 12.7. The number of carbonyl (C=O) groups excluding carboxylic acids is 1. The zero-order valence-corrected chi connectivity index (χ0v) is 22.8. The van der Waals surface area contributed by atoms with Crippen LogP contribution in [0.15, 0.2) is 37.2 Å². The number of carbonyl (C=O) groups is 1. The topological polar surface area (TPSA) is 190 Å². The number of alkyl halides is 1. The molecule has 1 saturated carbocycles. The van der Waals surface area contributed by atoms with Crippen molar-refractivity contribution in [3.8, 4) is 35.2 Å². The van der Waals surface area contributed by atoms with Crippen molar-refractivity contribution in [2.45, 2.75) is 44.2 Å². The monoisotopic (exact) mass is 598 g/mol. The number of ether oxygens (including phenoxy) is 3. The number of aromatic nitrogens is 8. The summed E-state index contributed by atoms with van der Waals surface area (Å²) in [6.45, 7) is -0.813. The van der Waals surface area contributed by atoms with Crippen LogP contribution in [0.1, 0.15) is 31.2 Å². The van der Waals surface area contributed by atoms with Gasteiger partial charge in [-0.05, 0) is 25.7 Å². The van der Waals surface area contributed by atoms with Crippen molar-refractivity contribution in [3.05, 3.63) is 47.8 Å². The maximum Gasteiger partial charge on any atom is 0.414 e. The van der Waals surface area contributed by atoms with Crippen molar-refractivity contribution in [2.75, 3.05) is 18.6 Å². The smallest absolute Gasteiger partial charge is 0.414 e. The van der Waals surface area contributed by atoms with E-state index < -0.39 is 19.1 Å². The van der Waals surface area contributed by atoms with Crippen molar-refractivity contribution in [1.82, 2.24) is 39.9 Å². The van der Waals surface area contributed by atoms with E-state index in [0.29, 0.717) is 47.8 Å². The third kappa shape index (κ3) is 6.37. The normalized spacial score (nSPS) is 17.2. The molecule has 0 spiro atoms. The van der Waals surface area contributed by atoms with E-state index in [0.717, 1.165) is 0 Å². The molecule has 1 atom stereocenters. The number of amides is 1. The maximum absolute atomic E-state index is 13.1. The standard InChI is InChI=1S/C25H24ClFN10O5/c1-40-23-30-8-16(9-31-23)36-12-17(10-33-36)37(25(39)41-13-20(27)38)15-2-4-18(5-3-15)42-24-29-7-14(6-28)21(34-24)22-19(26)11-32-35-22/h7-12,15,18,20,38H,2-5,13H2,1H3,(H,32,35)/t15-,18-,20?. The quantitative estimate of drug-likeness (QED) is 0.287. The molecule has 42 heavy (non-hydrogen) atoms. The second kappa shape index (κ2) is 12.7. The van der Waals surface area contributed by atoms with Gasteiger partial charge in [0.1, 0.15) is 35.9 Å². The summed E-state index contributed by atoms with van der Waals surface area (Å²) in [5.74, 6) is 0. The predicted molar refractivity (Wildman–Crippen MR) is 143 cm³/mol. The number of nitrogens with one attached hydrogen (secondary N) is 1. The second-order valence-electron chi connectivity index (χ2n) is 9.11. The molecule has 2 N–H and O–H groups in total. The maximum atomic E-state index is 13.1. The van der Waals surface area contributed by atoms with Crippen molar-refractivity contribution in [2.24, 2.45) is 0 Å². The van der Waals surface area contributed by atoms with Crippen LogP contribution in [0.3, 0.4) is 0 Å². The number of nitrogens with zero attached hydrogens (tertiary/aromatic N) is 9. The van der Waals surface area contributed by atoms with Crippen molar-refractivity contribution >= 4 is 23.4 Å². The Morgan fingerprint density at radius 2 is 1.95 bits per heavy atom. The van der Waals surface area contributed by atoms with Crippen LogP contribution in [0, 0.1) is 11.3 Å². The predicted octanol–water partition coefficient (Wildman–Crippen LogP) is 3.00. The summed E-state index contributed by atoms with van der Waals surface area (Å²) in [5.41, 5.74) is 1.65. The first-order chi connectivity index (χ1) is 20.4. The SMILES string of the molecule is COc1ncc(-n2cc(N(C(=O)OCC(O)F)[C@H]3CC[C@H](Oc4ncc(C#N)c(-c5n[nH]cc5Cl)n4)CC3)cn2)cn1. The van der Waals surface area contributed by atoms with E-state index in [1.165, 1.54) is 47.7 Å². The van der Waals surface area contributed by atoms with Crippen LogP contribution in [0.5, 0.6) is 12.0 Å². The minimum atomic E-state index is -2.31. The van der Waals surface area contributed by atoms with E-state index in [1.807, 2.05) is 6.07 Å². The van der Waals surface area contributed by atoms with Crippen molar-refractivity contribution < 1.29 is 28.5 Å². The van der Waals surface area contributed by atoms with E-state index in [1.54, 1.807) is 6.20 Å². The molecule has 17 heteroatoms. The van der Waals surface area contributed by atoms with Gasteiger partial charge in [0.15, 0.2) is 0 Å². The number of anilines is 1. The number of rotatable bonds is 9. The number of aliphatic hydroxyl groups is 1. The highest BCUT2D eigenvalue weighted by molar-refractivity contribution is 6.32. The Bertz CT molecular complexity index is 1570. The van der Waals surface area contributed by atoms with Gasteiger partial charge in [-0.15, -0.1) is 0 Å². The van der Waals surface area contributed by atoms with Gasteiger partial charge in [-0.2, -0.15) is 20.4 Å². The Labute approximate surface area is 242 Å². The van der Waals surface area contributed by atoms with E-state index in [2.05, 4.69) is 35.2 Å². The summed E-state index contributed by atoms with van der Waals surface area (Å²) in [7, 11) is 1.45. The summed E-state index contributed by atoms with van der Waals surface area (Å²) in [5, 5.41) is 29.7. The first-order valence-corrected chi connectivity index (χ1v) is 13.1. The lowest BCUT2D eigenvalue weighted by molar-refractivity contribution is -0.0142. The Morgan fingerprint density at radius 1 is 1.21 bits per heavy atom. The minimum Gasteiger partial charge on any atom is -0.467 e. The summed E-state index contributed by atoms with van der Waals surface area (Å²) in [6.07, 6.45) is 7.45. The van der Waals surface area contributed by atoms with Crippen LogP contribution < -0.4 is 14.4 Å². The molecule has 15 nitrogen and oxygen atoms in total. The van der Waals surface area contributed by atoms with Gasteiger partial charge in [0, 0.05) is 12.2 Å². The van der Waals surface area contributed by atoms with Crippen LogP contribution in [0.2, 0.25) is 5.02 Å². The molecule has 1 aliphatic rings. The average molecular weight is 599 g/mol. The second-order valence-corrected chi connectivity index (χ2v) is 9.52. The van der Waals surface area contributed by atoms with E-state index in [9.17, 15) is 14.4 Å². The summed E-state index contributed by atoms with van der Waals surface area (Å²) in [4.78, 5) is 31.0. The van der Waals surface area contributed by atoms with Gasteiger partial charge < -0.3 is 19.3 Å². The number of H-pyrrole nitrogens is 1. The Kier molecular flexibility index (Phi) is 8.69. The number of aromatic amines is 1. The zero-order valence-electron chi connectivity index (χ0n) is 22.1. The van der Waals surface area contributed by atoms with E-state index >= 15 is 0 Å². The molecule has 0 radical (unpaired) electrons. The summed E-state index contributed by atoms with van der Waals surface area (Å²) >= 11 is 6.16. The fourth-order valence-electron chi connectivity index (χ4n) is 4.48. The van der Waals surface area contributed by atoms with Crippen LogP contribution in [-0.2, 0) is 4.74 Å². The molecule has 0 saturated heterocycles. The first kappa shape index (κ1) is 28.6. The van der Waals surface area contributed by atoms with Crippen molar-refractivity contribution in [3.63, 3.8) is 0 Å². The molecule has 0 bridgehead atoms. The molecule has 4 heterocycles. The fourth-order valence-corrected chi connectivity index (χ4v) is 4.66. The summed E-state index contributed by atoms with van der Waals surface area (Å²) < 4.78 is 30.5. The fraction of sp³-hybridized carbons (Fsp3) is 0.360. The van der Waals surface area contributed by atoms with E-state index in [4.69, 9.17) is 30.9 Å². The molecule has 1 unspecified atom stereocenters. The van der Waals surface area contributed by atoms with Crippen LogP contribution >= 0.6 is 11.6 Å². The minimum absolute atomic E-state index is 0.0581. The Morgan fingerprint density at radius 3 is 2.60 bits per heavy atom. The lowest BCUT2D eigenvalue weighted by atomic mass is 9.92. The lowest BCUT2D eigenvalue weighted by Gasteiger charge is -2.35. The van der Waals surface area contributed by atoms with Gasteiger partial charge in [0.05, 0.1) is 54.4 Å². The van der Waals surface area contributed by atoms with E-state index in [-0.39, 0.29) is 35.4 Å². The number of hydrogen-bond acceptors (Lipinski definition) is 12. The number of hydrogen-bond donors (Lipinski definition) is 2. The highest BCUT2D eigenvalue weighted by Gasteiger charge is 2.33. The van der Waals surface area contributed by atoms with Crippen LogP contribution in [0.25, 0.3) is 17.1 Å². The number of aliphatic hydroxyl groups excluding tert-OH is 1. The lowest BCUT2D eigenvalue weighted by Crippen LogP contribution is -2.44. The molecule has 5 rings (SSSR count). The molecule has 1 amide bonds. The van der Waals surface area contributed by atoms with Crippen LogP contribution in [-0.4, -0.2) is 83.3 Å². The largest absolute Gasteiger partial charge is 0.467 e. The zero-order chi connectivity index (χ0) is 29.6. The molecule has 0 aromatic carbocycles.